The Morgan fingerprint density at radius 3 is 2.43 bits per heavy atom. The SMILES string of the molecule is Nc1nnc(CCCCCCN2CCN(c3cccc(C(F)(F)F)c3)CC2)s1. The molecule has 0 radical (unpaired) electrons. The normalized spacial score (nSPS) is 15.9. The molecule has 1 saturated heterocycles. The maximum atomic E-state index is 12.9. The van der Waals surface area contributed by atoms with Crippen LogP contribution in [0, 0.1) is 0 Å². The third-order valence-electron chi connectivity index (χ3n) is 5.01. The van der Waals surface area contributed by atoms with Crippen LogP contribution in [-0.2, 0) is 12.6 Å². The van der Waals surface area contributed by atoms with Gasteiger partial charge in [0.2, 0.25) is 5.13 Å². The lowest BCUT2D eigenvalue weighted by atomic mass is 10.1. The summed E-state index contributed by atoms with van der Waals surface area (Å²) < 4.78 is 38.7. The number of nitrogen functional groups attached to an aromatic ring is 1. The number of piperazine rings is 1. The summed E-state index contributed by atoms with van der Waals surface area (Å²) >= 11 is 1.46. The molecule has 0 atom stereocenters. The summed E-state index contributed by atoms with van der Waals surface area (Å²) in [7, 11) is 0. The van der Waals surface area contributed by atoms with Crippen molar-refractivity contribution in [3.63, 3.8) is 0 Å². The molecule has 1 aliphatic heterocycles. The number of benzene rings is 1. The number of halogens is 3. The van der Waals surface area contributed by atoms with E-state index in [2.05, 4.69) is 15.1 Å². The van der Waals surface area contributed by atoms with Crippen molar-refractivity contribution >= 4 is 22.2 Å². The maximum Gasteiger partial charge on any atom is 0.416 e. The minimum absolute atomic E-state index is 0.527. The van der Waals surface area contributed by atoms with Gasteiger partial charge in [-0.25, -0.2) is 0 Å². The number of rotatable bonds is 8. The van der Waals surface area contributed by atoms with Gasteiger partial charge in [-0.2, -0.15) is 13.2 Å². The third-order valence-corrected chi connectivity index (χ3v) is 5.82. The number of nitrogens with zero attached hydrogens (tertiary/aromatic N) is 4. The van der Waals surface area contributed by atoms with Crippen molar-refractivity contribution in [3.05, 3.63) is 34.8 Å². The first-order valence-corrected chi connectivity index (χ1v) is 10.5. The quantitative estimate of drug-likeness (QED) is 0.662. The fourth-order valence-corrected chi connectivity index (χ4v) is 4.09. The first kappa shape index (κ1) is 20.9. The minimum Gasteiger partial charge on any atom is -0.374 e. The van der Waals surface area contributed by atoms with Crippen molar-refractivity contribution in [1.29, 1.82) is 0 Å². The molecule has 9 heteroatoms. The van der Waals surface area contributed by atoms with Crippen LogP contribution in [0.15, 0.2) is 24.3 Å². The second kappa shape index (κ2) is 9.56. The molecule has 0 bridgehead atoms. The first-order chi connectivity index (χ1) is 13.4. The zero-order valence-electron chi connectivity index (χ0n) is 15.8. The molecule has 2 aromatic rings. The smallest absolute Gasteiger partial charge is 0.374 e. The Bertz CT molecular complexity index is 741. The van der Waals surface area contributed by atoms with Gasteiger partial charge in [-0.3, -0.25) is 4.90 Å². The topological polar surface area (TPSA) is 58.3 Å². The Labute approximate surface area is 167 Å². The lowest BCUT2D eigenvalue weighted by molar-refractivity contribution is -0.137. The average Bonchev–Trinajstić information content (AvgIpc) is 3.09. The molecule has 1 aromatic carbocycles. The number of hydrogen-bond donors (Lipinski definition) is 1. The highest BCUT2D eigenvalue weighted by Crippen LogP contribution is 2.31. The number of anilines is 2. The summed E-state index contributed by atoms with van der Waals surface area (Å²) in [6, 6.07) is 5.62. The lowest BCUT2D eigenvalue weighted by Crippen LogP contribution is -2.46. The van der Waals surface area contributed by atoms with Crippen molar-refractivity contribution in [3.8, 4) is 0 Å². The van der Waals surface area contributed by atoms with Crippen LogP contribution in [0.1, 0.15) is 36.3 Å². The highest BCUT2D eigenvalue weighted by Gasteiger charge is 2.31. The summed E-state index contributed by atoms with van der Waals surface area (Å²) in [5.74, 6) is 0. The fourth-order valence-electron chi connectivity index (χ4n) is 3.44. The van der Waals surface area contributed by atoms with Crippen LogP contribution in [0.2, 0.25) is 0 Å². The molecular weight excluding hydrogens is 387 g/mol. The van der Waals surface area contributed by atoms with Gasteiger partial charge in [-0.15, -0.1) is 10.2 Å². The molecule has 3 rings (SSSR count). The fraction of sp³-hybridized carbons (Fsp3) is 0.579. The molecule has 1 aliphatic rings. The number of unbranched alkanes of at least 4 members (excludes halogenated alkanes) is 3. The van der Waals surface area contributed by atoms with Gasteiger partial charge in [-0.05, 0) is 37.6 Å². The second-order valence-corrected chi connectivity index (χ2v) is 8.17. The van der Waals surface area contributed by atoms with E-state index >= 15 is 0 Å². The Kier molecular flexibility index (Phi) is 7.12. The predicted molar refractivity (Wildman–Crippen MR) is 107 cm³/mol. The molecule has 0 unspecified atom stereocenters. The Hall–Kier alpha value is -1.87. The summed E-state index contributed by atoms with van der Waals surface area (Å²) in [6.07, 6.45) is 1.20. The van der Waals surface area contributed by atoms with Crippen LogP contribution in [0.25, 0.3) is 0 Å². The van der Waals surface area contributed by atoms with E-state index in [4.69, 9.17) is 5.73 Å². The van der Waals surface area contributed by atoms with Crippen LogP contribution in [0.5, 0.6) is 0 Å². The molecule has 1 aromatic heterocycles. The maximum absolute atomic E-state index is 12.9. The Morgan fingerprint density at radius 2 is 1.75 bits per heavy atom. The van der Waals surface area contributed by atoms with Crippen molar-refractivity contribution in [1.82, 2.24) is 15.1 Å². The lowest BCUT2D eigenvalue weighted by Gasteiger charge is -2.36. The van der Waals surface area contributed by atoms with Crippen molar-refractivity contribution in [2.24, 2.45) is 0 Å². The second-order valence-electron chi connectivity index (χ2n) is 7.08. The largest absolute Gasteiger partial charge is 0.416 e. The van der Waals surface area contributed by atoms with E-state index in [1.165, 1.54) is 29.9 Å². The highest BCUT2D eigenvalue weighted by atomic mass is 32.1. The Morgan fingerprint density at radius 1 is 1.00 bits per heavy atom. The highest BCUT2D eigenvalue weighted by molar-refractivity contribution is 7.15. The van der Waals surface area contributed by atoms with Crippen LogP contribution in [-0.4, -0.2) is 47.8 Å². The third kappa shape index (κ3) is 6.07. The van der Waals surface area contributed by atoms with Crippen LogP contribution in [0.3, 0.4) is 0 Å². The number of nitrogens with two attached hydrogens (primary N) is 1. The molecule has 0 spiro atoms. The average molecular weight is 414 g/mol. The summed E-state index contributed by atoms with van der Waals surface area (Å²) in [4.78, 5) is 4.44. The van der Waals surface area contributed by atoms with E-state index < -0.39 is 11.7 Å². The monoisotopic (exact) mass is 413 g/mol. The van der Waals surface area contributed by atoms with Gasteiger partial charge < -0.3 is 10.6 Å². The van der Waals surface area contributed by atoms with Crippen molar-refractivity contribution in [2.45, 2.75) is 38.3 Å². The van der Waals surface area contributed by atoms with Crippen LogP contribution in [0.4, 0.5) is 24.0 Å². The van der Waals surface area contributed by atoms with Gasteiger partial charge in [0.15, 0.2) is 0 Å². The number of hydrogen-bond acceptors (Lipinski definition) is 6. The molecule has 1 fully saturated rings. The number of aryl methyl sites for hydroxylation is 1. The number of alkyl halides is 3. The van der Waals surface area contributed by atoms with E-state index in [-0.39, 0.29) is 0 Å². The zero-order valence-corrected chi connectivity index (χ0v) is 16.6. The van der Waals surface area contributed by atoms with Gasteiger partial charge in [-0.1, -0.05) is 30.2 Å². The molecule has 5 nitrogen and oxygen atoms in total. The molecule has 0 aliphatic carbocycles. The van der Waals surface area contributed by atoms with E-state index in [0.717, 1.165) is 69.5 Å². The van der Waals surface area contributed by atoms with Crippen molar-refractivity contribution in [2.75, 3.05) is 43.4 Å². The molecule has 2 heterocycles. The summed E-state index contributed by atoms with van der Waals surface area (Å²) in [5.41, 5.74) is 5.65. The molecule has 0 amide bonds. The molecule has 2 N–H and O–H groups in total. The molecule has 154 valence electrons. The predicted octanol–water partition coefficient (Wildman–Crippen LogP) is 4.06. The van der Waals surface area contributed by atoms with Gasteiger partial charge in [0.05, 0.1) is 5.56 Å². The van der Waals surface area contributed by atoms with Crippen LogP contribution < -0.4 is 10.6 Å². The molecule has 28 heavy (non-hydrogen) atoms. The number of aromatic nitrogens is 2. The van der Waals surface area contributed by atoms with E-state index in [0.29, 0.717) is 10.8 Å². The van der Waals surface area contributed by atoms with Crippen LogP contribution >= 0.6 is 11.3 Å². The Balaban J connectivity index is 1.32. The minimum atomic E-state index is -4.29. The summed E-state index contributed by atoms with van der Waals surface area (Å²) in [5, 5.41) is 9.37. The van der Waals surface area contributed by atoms with E-state index in [1.54, 1.807) is 6.07 Å². The van der Waals surface area contributed by atoms with Gasteiger partial charge >= 0.3 is 6.18 Å². The molecule has 0 saturated carbocycles. The van der Waals surface area contributed by atoms with Gasteiger partial charge in [0, 0.05) is 38.3 Å². The van der Waals surface area contributed by atoms with Crippen molar-refractivity contribution < 1.29 is 13.2 Å². The van der Waals surface area contributed by atoms with E-state index in [1.807, 2.05) is 4.90 Å². The van der Waals surface area contributed by atoms with Gasteiger partial charge in [0.25, 0.3) is 0 Å². The first-order valence-electron chi connectivity index (χ1n) is 9.64. The zero-order chi connectivity index (χ0) is 20.0. The van der Waals surface area contributed by atoms with E-state index in [9.17, 15) is 13.2 Å². The summed E-state index contributed by atoms with van der Waals surface area (Å²) in [6.45, 7) is 4.35. The molecular formula is C19H26F3N5S. The standard InChI is InChI=1S/C19H26F3N5S/c20-19(21,22)15-6-5-7-16(14-15)27-12-10-26(11-13-27)9-4-2-1-3-8-17-24-25-18(23)28-17/h5-7,14H,1-4,8-13H2,(H2,23,25). The van der Waals surface area contributed by atoms with Gasteiger partial charge in [0.1, 0.15) is 5.01 Å².